The van der Waals surface area contributed by atoms with E-state index in [0.717, 1.165) is 125 Å². The molecular weight excluding hydrogens is 1610 g/mol. The number of carbonyl (C=O) groups is 3. The number of pyridine rings is 1. The molecule has 8 N–H and O–H groups in total. The monoisotopic (exact) mass is 1710 g/mol. The summed E-state index contributed by atoms with van der Waals surface area (Å²) < 4.78 is 71.5. The van der Waals surface area contributed by atoms with Crippen molar-refractivity contribution in [2.75, 3.05) is 165 Å². The highest BCUT2D eigenvalue weighted by Gasteiger charge is 2.31. The normalized spacial score (nSPS) is 13.6. The number of aromatic amines is 6. The molecule has 4 amide bonds. The minimum atomic E-state index is -0.568. The molecule has 0 unspecified atom stereocenters. The topological polar surface area (TPSA) is 446 Å². The van der Waals surface area contributed by atoms with Gasteiger partial charge in [0.15, 0.2) is 34.7 Å². The number of amides is 4. The van der Waals surface area contributed by atoms with Crippen LogP contribution in [0.4, 0.5) is 85.9 Å². The third kappa shape index (κ3) is 21.8. The van der Waals surface area contributed by atoms with Crippen molar-refractivity contribution in [1.29, 1.82) is 0 Å². The molecule has 6 aliphatic rings. The lowest BCUT2D eigenvalue weighted by molar-refractivity contribution is -0.385. The third-order valence-electron chi connectivity index (χ3n) is 20.3. The lowest BCUT2D eigenvalue weighted by Crippen LogP contribution is -2.36. The highest BCUT2D eigenvalue weighted by Crippen LogP contribution is 2.44. The van der Waals surface area contributed by atoms with Crippen molar-refractivity contribution in [2.45, 2.75) is 53.0 Å². The lowest BCUT2D eigenvalue weighted by Gasteiger charge is -2.32. The van der Waals surface area contributed by atoms with Gasteiger partial charge in [0, 0.05) is 125 Å². The number of non-ortho nitro benzene ring substituents is 2. The number of anilines is 9. The van der Waals surface area contributed by atoms with Gasteiger partial charge in [-0.2, -0.15) is 0 Å². The van der Waals surface area contributed by atoms with E-state index in [2.05, 4.69) is 104 Å². The predicted octanol–water partition coefficient (Wildman–Crippen LogP) is 11.2. The summed E-state index contributed by atoms with van der Waals surface area (Å²) in [5.41, 5.74) is 13.1. The van der Waals surface area contributed by atoms with E-state index in [9.17, 15) is 43.4 Å². The van der Waals surface area contributed by atoms with Gasteiger partial charge in [0.1, 0.15) is 56.9 Å². The van der Waals surface area contributed by atoms with E-state index >= 15 is 0 Å². The van der Waals surface area contributed by atoms with Crippen LogP contribution in [0.25, 0.3) is 0 Å². The molecule has 0 atom stereocenters. The molecule has 0 spiro atoms. The van der Waals surface area contributed by atoms with Gasteiger partial charge >= 0.3 is 18.2 Å². The van der Waals surface area contributed by atoms with E-state index in [4.69, 9.17) is 28.4 Å². The van der Waals surface area contributed by atoms with Gasteiger partial charge in [0.25, 0.3) is 11.4 Å². The number of hydrogen-bond acceptors (Lipinski definition) is 28. The first-order chi connectivity index (χ1) is 60.2. The summed E-state index contributed by atoms with van der Waals surface area (Å²) in [5, 5.41) is 27.1. The molecule has 0 saturated carbocycles. The minimum absolute atomic E-state index is 0.0841. The van der Waals surface area contributed by atoms with Crippen molar-refractivity contribution in [3.63, 3.8) is 0 Å². The van der Waals surface area contributed by atoms with Crippen LogP contribution in [0.3, 0.4) is 0 Å². The number of imidazole rings is 6. The second-order valence-corrected chi connectivity index (χ2v) is 28.5. The zero-order valence-electron chi connectivity index (χ0n) is 68.9. The number of hydrogen-bond donors (Lipinski definition) is 8. The zero-order valence-corrected chi connectivity index (χ0v) is 68.9. The highest BCUT2D eigenvalue weighted by molar-refractivity contribution is 5.92. The number of carbonyl (C=O) groups excluding carboxylic acids is 3. The Balaban J connectivity index is 0.000000128. The number of H-pyrrole nitrogens is 6. The lowest BCUT2D eigenvalue weighted by atomic mass is 10.1. The molecule has 650 valence electrons. The molecule has 0 saturated heterocycles. The number of halogens is 2. The summed E-state index contributed by atoms with van der Waals surface area (Å²) in [5.74, 6) is 3.44. The van der Waals surface area contributed by atoms with Crippen molar-refractivity contribution >= 4 is 80.9 Å². The summed E-state index contributed by atoms with van der Waals surface area (Å²) in [6, 6.07) is 21.1. The number of urea groups is 1. The van der Waals surface area contributed by atoms with Gasteiger partial charge in [-0.1, -0.05) is 0 Å². The molecule has 0 fully saturated rings. The molecule has 0 radical (unpaired) electrons. The molecule has 18 rings (SSSR count). The molecule has 0 aliphatic carbocycles. The Morgan fingerprint density at radius 1 is 0.476 bits per heavy atom. The summed E-state index contributed by atoms with van der Waals surface area (Å²) in [6.45, 7) is 15.3. The minimum Gasteiger partial charge on any atom is -0.490 e. The first-order valence-electron chi connectivity index (χ1n) is 39.3. The molecule has 42 heteroatoms. The van der Waals surface area contributed by atoms with E-state index in [1.54, 1.807) is 119 Å². The smallest absolute Gasteiger partial charge is 0.413 e. The van der Waals surface area contributed by atoms with Crippen LogP contribution in [0.2, 0.25) is 0 Å². The number of ether oxygens (including phenoxy) is 8. The average molecular weight is 1710 g/mol. The molecule has 12 aromatic rings. The first kappa shape index (κ1) is 86.4. The van der Waals surface area contributed by atoms with Gasteiger partial charge in [0.2, 0.25) is 0 Å². The number of nitro benzene ring substituents is 2. The van der Waals surface area contributed by atoms with E-state index in [1.165, 1.54) is 56.3 Å². The van der Waals surface area contributed by atoms with Gasteiger partial charge in [-0.05, 0) is 67.4 Å². The standard InChI is InChI=1S/C15H18FN5O2.C15H17FN4O3.C15H18N4O3.2C13H14N4O3.C11H12N4O/c1-17-15(22)20(2)11-5-12(16)14-13(6-11)21(3-4-23-14)8-10-7-18-9-19-10;1-19(15(21)22-2)11-5-12(16)14-13(6-11)20(3-4-23-14)8-10-7-17-9-18-10;1-10-5-11(18-15(20)21-2)6-13-14(10)22-4-3-19(13)8-12-7-16-9-17-12;1-9-4-11(17(18)19)5-12-13(9)20-3-2-16(12)7-10-6-14-8-15-10;18-17(19)11-1-2-13-12(7-11)16(5-6-20-13)4-3-10-8-14-9-15-10;1-2-10-11(13-3-1)15(4-5-16-10)7-9-6-12-8-14-9/h5-7,9H,3-4,8H2,1-2H3,(H,17,22)(H,18,19);5-7,9H,3-4,8H2,1-2H3,(H,17,18);5-7,9H,3-4,8H2,1-2H3,(H,16,17)(H,18,20);4-6,8H,2-3,7H2,1H3,(H,14,15);1-2,7-9H,3-6H2,(H,14,15);1-3,6,8H,4-5,7H2,(H,12,14). The molecule has 5 aromatic carbocycles. The molecule has 0 bridgehead atoms. The second-order valence-electron chi connectivity index (χ2n) is 28.5. The third-order valence-corrected chi connectivity index (χ3v) is 20.3. The van der Waals surface area contributed by atoms with Crippen molar-refractivity contribution in [2.24, 2.45) is 0 Å². The van der Waals surface area contributed by atoms with Gasteiger partial charge in [-0.3, -0.25) is 35.3 Å². The van der Waals surface area contributed by atoms with Crippen LogP contribution in [-0.2, 0) is 48.6 Å². The number of aromatic nitrogens is 13. The molecule has 40 nitrogen and oxygen atoms in total. The Labute approximate surface area is 709 Å². The quantitative estimate of drug-likeness (QED) is 0.0292. The summed E-state index contributed by atoms with van der Waals surface area (Å²) in [7, 11) is 7.26. The summed E-state index contributed by atoms with van der Waals surface area (Å²) in [4.78, 5) is 118. The molecule has 124 heavy (non-hydrogen) atoms. The number of fused-ring (bicyclic) bond motifs is 6. The summed E-state index contributed by atoms with van der Waals surface area (Å²) >= 11 is 0. The van der Waals surface area contributed by atoms with Gasteiger partial charge < -0.3 is 103 Å². The summed E-state index contributed by atoms with van der Waals surface area (Å²) in [6.07, 6.45) is 22.0. The number of methoxy groups -OCH3 is 2. The number of rotatable bonds is 18. The number of nitrogens with one attached hydrogen (secondary N) is 8. The van der Waals surface area contributed by atoms with Gasteiger partial charge in [-0.25, -0.2) is 58.1 Å². The molecular formula is C82H93F2N25O15. The maximum absolute atomic E-state index is 14.4. The van der Waals surface area contributed by atoms with Crippen LogP contribution < -0.4 is 78.3 Å². The van der Waals surface area contributed by atoms with Crippen molar-refractivity contribution in [3.05, 3.63) is 237 Å². The van der Waals surface area contributed by atoms with Crippen molar-refractivity contribution < 1.29 is 70.9 Å². The molecule has 6 aliphatic heterocycles. The number of aryl methyl sites for hydroxylation is 2. The van der Waals surface area contributed by atoms with Crippen molar-refractivity contribution in [3.8, 4) is 34.5 Å². The highest BCUT2D eigenvalue weighted by atomic mass is 19.1. The Hall–Kier alpha value is -15.4. The number of nitro groups is 2. The number of benzene rings is 5. The van der Waals surface area contributed by atoms with E-state index in [1.807, 2.05) is 54.1 Å². The Morgan fingerprint density at radius 2 is 0.887 bits per heavy atom. The van der Waals surface area contributed by atoms with Gasteiger partial charge in [0.05, 0.1) is 202 Å². The van der Waals surface area contributed by atoms with Crippen molar-refractivity contribution in [1.82, 2.24) is 70.1 Å². The Morgan fingerprint density at radius 3 is 1.35 bits per heavy atom. The average Bonchev–Trinajstić information content (AvgIpc) is 1.46. The fourth-order valence-electron chi connectivity index (χ4n) is 14.1. The maximum Gasteiger partial charge on any atom is 0.413 e. The van der Waals surface area contributed by atoms with E-state index < -0.39 is 23.8 Å². The predicted molar refractivity (Wildman–Crippen MR) is 455 cm³/mol. The van der Waals surface area contributed by atoms with Crippen LogP contribution in [-0.4, -0.2) is 214 Å². The van der Waals surface area contributed by atoms with Crippen LogP contribution in [0.15, 0.2) is 160 Å². The molecule has 7 aromatic heterocycles. The van der Waals surface area contributed by atoms with Crippen LogP contribution in [0.1, 0.15) is 45.3 Å². The van der Waals surface area contributed by atoms with Crippen LogP contribution >= 0.6 is 0 Å². The SMILES string of the molecule is CNC(=O)N(C)c1cc(F)c2c(c1)N(Cc1cnc[nH]1)CCO2.COC(=O)N(C)c1cc(F)c2c(c1)N(Cc1cnc[nH]1)CCO2.COC(=O)Nc1cc(C)c2c(c1)N(Cc1cnc[nH]1)CCO2.Cc1cc([N+](=O)[O-])cc2c1OCCN2Cc1cnc[nH]1.O=[N+]([O-])c1ccc2c(c1)N(CCc1cnc[nH]1)CCO2.c1cnc2c(c1)OCCN2Cc1cnc[nH]1. The maximum atomic E-state index is 14.4. The molecule has 13 heterocycles. The number of nitrogens with zero attached hydrogens (tertiary/aromatic N) is 17. The van der Waals surface area contributed by atoms with E-state index in [0.29, 0.717) is 120 Å². The van der Waals surface area contributed by atoms with E-state index in [-0.39, 0.29) is 38.8 Å². The fourth-order valence-corrected chi connectivity index (χ4v) is 14.1. The fraction of sp³-hybridized carbons (Fsp3) is 0.317. The largest absolute Gasteiger partial charge is 0.490 e. The van der Waals surface area contributed by atoms with Gasteiger partial charge in [-0.15, -0.1) is 0 Å². The zero-order chi connectivity index (χ0) is 87.2. The first-order valence-corrected chi connectivity index (χ1v) is 39.3. The van der Waals surface area contributed by atoms with Crippen LogP contribution in [0, 0.1) is 45.7 Å². The Kier molecular flexibility index (Phi) is 28.6. The second kappa shape index (κ2) is 41.0. The Bertz CT molecular complexity index is 5420. The van der Waals surface area contributed by atoms with Crippen LogP contribution in [0.5, 0.6) is 34.5 Å².